The molecule has 2 fully saturated rings. The Balaban J connectivity index is 1.53. The lowest BCUT2D eigenvalue weighted by Gasteiger charge is -2.48. The van der Waals surface area contributed by atoms with E-state index in [0.29, 0.717) is 26.1 Å². The molecule has 0 aromatic heterocycles. The van der Waals surface area contributed by atoms with Gasteiger partial charge in [0.1, 0.15) is 6.04 Å². The summed E-state index contributed by atoms with van der Waals surface area (Å²) in [6.07, 6.45) is 4.70. The quantitative estimate of drug-likeness (QED) is 0.890. The monoisotopic (exact) mass is 370 g/mol. The minimum atomic E-state index is -0.595. The standard InChI is InChI=1S/C22H30N2O3/c1-15(2)19(24-13-16-7-3-4-9-18(16)20(24)25)21(26)23-12-11-22(27)10-6-5-8-17(22)14-23/h3-4,7,9,15,17,19,27H,5-6,8,10-14H2,1-2H3/t17-,19-,22+/m0/s1. The predicted molar refractivity (Wildman–Crippen MR) is 103 cm³/mol. The van der Waals surface area contributed by atoms with Gasteiger partial charge in [-0.25, -0.2) is 0 Å². The van der Waals surface area contributed by atoms with Gasteiger partial charge < -0.3 is 14.9 Å². The molecule has 2 heterocycles. The molecule has 5 nitrogen and oxygen atoms in total. The summed E-state index contributed by atoms with van der Waals surface area (Å²) in [7, 11) is 0. The number of nitrogens with zero attached hydrogens (tertiary/aromatic N) is 2. The van der Waals surface area contributed by atoms with Crippen molar-refractivity contribution in [3.8, 4) is 0 Å². The highest BCUT2D eigenvalue weighted by Crippen LogP contribution is 2.40. The number of hydrogen-bond acceptors (Lipinski definition) is 3. The van der Waals surface area contributed by atoms with Crippen molar-refractivity contribution in [3.05, 3.63) is 35.4 Å². The molecule has 3 aliphatic rings. The van der Waals surface area contributed by atoms with E-state index in [1.165, 1.54) is 0 Å². The number of rotatable bonds is 3. The predicted octanol–water partition coefficient (Wildman–Crippen LogP) is 2.82. The lowest BCUT2D eigenvalue weighted by molar-refractivity contribution is -0.149. The summed E-state index contributed by atoms with van der Waals surface area (Å²) in [6.45, 7) is 5.74. The van der Waals surface area contributed by atoms with Crippen molar-refractivity contribution in [2.45, 2.75) is 64.1 Å². The normalized spacial score (nSPS) is 28.9. The van der Waals surface area contributed by atoms with Crippen LogP contribution < -0.4 is 0 Å². The number of aliphatic hydroxyl groups is 1. The fraction of sp³-hybridized carbons (Fsp3) is 0.636. The Hall–Kier alpha value is -1.88. The number of piperidine rings is 1. The topological polar surface area (TPSA) is 60.9 Å². The zero-order chi connectivity index (χ0) is 19.2. The van der Waals surface area contributed by atoms with E-state index in [4.69, 9.17) is 0 Å². The van der Waals surface area contributed by atoms with Crippen LogP contribution in [0, 0.1) is 11.8 Å². The molecule has 4 rings (SSSR count). The second-order valence-corrected chi connectivity index (χ2v) is 8.86. The number of amides is 2. The van der Waals surface area contributed by atoms with Gasteiger partial charge in [0.2, 0.25) is 5.91 Å². The van der Waals surface area contributed by atoms with Crippen LogP contribution in [0.25, 0.3) is 0 Å². The summed E-state index contributed by atoms with van der Waals surface area (Å²) < 4.78 is 0. The molecule has 1 aliphatic carbocycles. The van der Waals surface area contributed by atoms with E-state index >= 15 is 0 Å². The Morgan fingerprint density at radius 1 is 1.22 bits per heavy atom. The first-order chi connectivity index (χ1) is 12.9. The summed E-state index contributed by atoms with van der Waals surface area (Å²) in [6, 6.07) is 7.19. The Bertz CT molecular complexity index is 747. The number of fused-ring (bicyclic) bond motifs is 2. The molecule has 3 atom stereocenters. The Morgan fingerprint density at radius 2 is 2.00 bits per heavy atom. The van der Waals surface area contributed by atoms with Gasteiger partial charge in [0.05, 0.1) is 5.60 Å². The van der Waals surface area contributed by atoms with Gasteiger partial charge in [-0.1, -0.05) is 44.9 Å². The van der Waals surface area contributed by atoms with Crippen LogP contribution in [0.15, 0.2) is 24.3 Å². The average molecular weight is 370 g/mol. The molecule has 27 heavy (non-hydrogen) atoms. The maximum absolute atomic E-state index is 13.5. The van der Waals surface area contributed by atoms with Crippen molar-refractivity contribution in [3.63, 3.8) is 0 Å². The Kier molecular flexibility index (Phi) is 4.75. The van der Waals surface area contributed by atoms with E-state index in [9.17, 15) is 14.7 Å². The summed E-state index contributed by atoms with van der Waals surface area (Å²) in [5, 5.41) is 10.9. The van der Waals surface area contributed by atoms with E-state index in [2.05, 4.69) is 0 Å². The van der Waals surface area contributed by atoms with E-state index in [-0.39, 0.29) is 23.7 Å². The number of carbonyl (C=O) groups excluding carboxylic acids is 2. The van der Waals surface area contributed by atoms with Crippen LogP contribution in [-0.2, 0) is 11.3 Å². The molecule has 146 valence electrons. The van der Waals surface area contributed by atoms with Crippen LogP contribution in [0.3, 0.4) is 0 Å². The smallest absolute Gasteiger partial charge is 0.255 e. The van der Waals surface area contributed by atoms with Crippen LogP contribution in [0.1, 0.15) is 61.9 Å². The molecule has 1 saturated heterocycles. The van der Waals surface area contributed by atoms with Gasteiger partial charge in [-0.3, -0.25) is 9.59 Å². The average Bonchev–Trinajstić information content (AvgIpc) is 2.97. The van der Waals surface area contributed by atoms with Crippen molar-refractivity contribution in [2.24, 2.45) is 11.8 Å². The van der Waals surface area contributed by atoms with E-state index in [1.807, 2.05) is 43.0 Å². The van der Waals surface area contributed by atoms with Crippen LogP contribution in [-0.4, -0.2) is 51.5 Å². The third-order valence-corrected chi connectivity index (χ3v) is 6.81. The number of likely N-dealkylation sites (tertiary alicyclic amines) is 1. The summed E-state index contributed by atoms with van der Waals surface area (Å²) in [5.74, 6) is 0.216. The van der Waals surface area contributed by atoms with Gasteiger partial charge in [0.25, 0.3) is 5.91 Å². The second kappa shape index (κ2) is 6.93. The molecular formula is C22H30N2O3. The van der Waals surface area contributed by atoms with Crippen LogP contribution >= 0.6 is 0 Å². The zero-order valence-electron chi connectivity index (χ0n) is 16.4. The Labute approximate surface area is 161 Å². The van der Waals surface area contributed by atoms with E-state index < -0.39 is 11.6 Å². The van der Waals surface area contributed by atoms with Crippen molar-refractivity contribution < 1.29 is 14.7 Å². The highest BCUT2D eigenvalue weighted by molar-refractivity contribution is 6.01. The molecule has 1 aromatic rings. The van der Waals surface area contributed by atoms with Crippen molar-refractivity contribution >= 4 is 11.8 Å². The molecule has 1 saturated carbocycles. The van der Waals surface area contributed by atoms with Gasteiger partial charge in [-0.15, -0.1) is 0 Å². The maximum atomic E-state index is 13.5. The number of hydrogen-bond donors (Lipinski definition) is 1. The molecule has 5 heteroatoms. The number of carbonyl (C=O) groups is 2. The first-order valence-electron chi connectivity index (χ1n) is 10.3. The molecule has 1 N–H and O–H groups in total. The summed E-state index contributed by atoms with van der Waals surface area (Å²) in [4.78, 5) is 30.0. The van der Waals surface area contributed by atoms with Gasteiger partial charge in [0, 0.05) is 31.1 Å². The fourth-order valence-electron chi connectivity index (χ4n) is 5.24. The molecule has 0 radical (unpaired) electrons. The van der Waals surface area contributed by atoms with Gasteiger partial charge >= 0.3 is 0 Å². The van der Waals surface area contributed by atoms with Crippen molar-refractivity contribution in [2.75, 3.05) is 13.1 Å². The minimum absolute atomic E-state index is 0.0381. The van der Waals surface area contributed by atoms with E-state index in [1.54, 1.807) is 4.90 Å². The lowest BCUT2D eigenvalue weighted by Crippen LogP contribution is -2.59. The molecular weight excluding hydrogens is 340 g/mol. The molecule has 0 unspecified atom stereocenters. The van der Waals surface area contributed by atoms with Crippen LogP contribution in [0.5, 0.6) is 0 Å². The number of benzene rings is 1. The highest BCUT2D eigenvalue weighted by atomic mass is 16.3. The van der Waals surface area contributed by atoms with Gasteiger partial charge in [-0.05, 0) is 36.8 Å². The van der Waals surface area contributed by atoms with Crippen LogP contribution in [0.2, 0.25) is 0 Å². The van der Waals surface area contributed by atoms with Crippen molar-refractivity contribution in [1.29, 1.82) is 0 Å². The van der Waals surface area contributed by atoms with Gasteiger partial charge in [-0.2, -0.15) is 0 Å². The first kappa shape index (κ1) is 18.5. The molecule has 0 spiro atoms. The highest BCUT2D eigenvalue weighted by Gasteiger charge is 2.46. The third-order valence-electron chi connectivity index (χ3n) is 6.81. The molecule has 2 aliphatic heterocycles. The van der Waals surface area contributed by atoms with Crippen molar-refractivity contribution in [1.82, 2.24) is 9.80 Å². The fourth-order valence-corrected chi connectivity index (χ4v) is 5.24. The maximum Gasteiger partial charge on any atom is 0.255 e. The first-order valence-corrected chi connectivity index (χ1v) is 10.3. The lowest BCUT2D eigenvalue weighted by atomic mass is 9.71. The molecule has 1 aromatic carbocycles. The largest absolute Gasteiger partial charge is 0.389 e. The Morgan fingerprint density at radius 3 is 2.74 bits per heavy atom. The molecule has 0 bridgehead atoms. The zero-order valence-corrected chi connectivity index (χ0v) is 16.4. The molecule has 2 amide bonds. The van der Waals surface area contributed by atoms with Crippen LogP contribution in [0.4, 0.5) is 0 Å². The SMILES string of the molecule is CC(C)[C@@H](C(=O)N1CC[C@]2(O)CCCC[C@H]2C1)N1Cc2ccccc2C1=O. The van der Waals surface area contributed by atoms with Gasteiger partial charge in [0.15, 0.2) is 0 Å². The third kappa shape index (κ3) is 3.16. The second-order valence-electron chi connectivity index (χ2n) is 8.86. The summed E-state index contributed by atoms with van der Waals surface area (Å²) in [5.41, 5.74) is 1.12. The van der Waals surface area contributed by atoms with E-state index in [0.717, 1.165) is 36.8 Å². The summed E-state index contributed by atoms with van der Waals surface area (Å²) >= 11 is 0. The minimum Gasteiger partial charge on any atom is -0.389 e.